The molecule has 0 radical (unpaired) electrons. The highest BCUT2D eigenvalue weighted by molar-refractivity contribution is 8.14. The van der Waals surface area contributed by atoms with Gasteiger partial charge in [-0.25, -0.2) is 0 Å². The number of phenolic OH excluding ortho intramolecular Hbond substituents is 1. The highest BCUT2D eigenvalue weighted by Crippen LogP contribution is 2.28. The summed E-state index contributed by atoms with van der Waals surface area (Å²) in [5, 5.41) is 19.8. The van der Waals surface area contributed by atoms with Crippen molar-refractivity contribution in [2.75, 3.05) is 25.1 Å². The van der Waals surface area contributed by atoms with Crippen LogP contribution in [0.5, 0.6) is 5.75 Å². The number of benzene rings is 1. The first-order valence-corrected chi connectivity index (χ1v) is 8.17. The van der Waals surface area contributed by atoms with Crippen LogP contribution in [0, 0.1) is 0 Å². The monoisotopic (exact) mass is 326 g/mol. The number of rotatable bonds is 6. The Morgan fingerprint density at radius 3 is 2.90 bits per heavy atom. The number of thiol groups is 1. The number of thioether (sulfide) groups is 1. The first-order valence-electron chi connectivity index (χ1n) is 6.55. The van der Waals surface area contributed by atoms with Crippen LogP contribution in [0.4, 0.5) is 0 Å². The van der Waals surface area contributed by atoms with Crippen molar-refractivity contribution in [3.8, 4) is 5.75 Å². The van der Waals surface area contributed by atoms with Gasteiger partial charge in [-0.1, -0.05) is 12.1 Å². The van der Waals surface area contributed by atoms with E-state index in [-0.39, 0.29) is 17.5 Å². The predicted octanol–water partition coefficient (Wildman–Crippen LogP) is 1.57. The number of phenols is 1. The minimum absolute atomic E-state index is 0.0244. The number of aliphatic imine (C=N–C) groups is 1. The van der Waals surface area contributed by atoms with Crippen molar-refractivity contribution in [1.29, 1.82) is 0 Å². The lowest BCUT2D eigenvalue weighted by atomic mass is 10.2. The first kappa shape index (κ1) is 16.2. The Morgan fingerprint density at radius 2 is 2.29 bits per heavy atom. The van der Waals surface area contributed by atoms with Gasteiger partial charge in [-0.15, -0.1) is 11.8 Å². The van der Waals surface area contributed by atoms with Crippen LogP contribution in [0.2, 0.25) is 0 Å². The molecule has 0 amide bonds. The minimum atomic E-state index is -0.872. The molecule has 21 heavy (non-hydrogen) atoms. The molecule has 0 saturated carbocycles. The summed E-state index contributed by atoms with van der Waals surface area (Å²) in [7, 11) is 1.77. The van der Waals surface area contributed by atoms with Gasteiger partial charge in [0.15, 0.2) is 0 Å². The predicted molar refractivity (Wildman–Crippen MR) is 88.8 cm³/mol. The molecule has 114 valence electrons. The highest BCUT2D eigenvalue weighted by atomic mass is 32.2. The van der Waals surface area contributed by atoms with E-state index in [1.807, 2.05) is 12.1 Å². The third-order valence-electron chi connectivity index (χ3n) is 3.34. The maximum Gasteiger partial charge on any atom is 0.321 e. The standard InChI is InChI=1S/C14H18N2O3S2/c1-16(11(7-20)14(18)19)6-9-8-21-13(15-9)10-4-2-3-5-12(10)17/h2-5,9,11,17,20H,6-8H2,1H3,(H,18,19)/t9?,11-/m1/s1. The molecule has 0 aromatic heterocycles. The lowest BCUT2D eigenvalue weighted by molar-refractivity contribution is -0.141. The number of para-hydroxylation sites is 1. The SMILES string of the molecule is CN(CC1CSC(c2ccccc2O)=N1)[C@H](CS)C(=O)O. The number of carbonyl (C=O) groups is 1. The molecule has 5 nitrogen and oxygen atoms in total. The third kappa shape index (κ3) is 3.93. The van der Waals surface area contributed by atoms with E-state index in [1.54, 1.807) is 35.8 Å². The van der Waals surface area contributed by atoms with Crippen LogP contribution < -0.4 is 0 Å². The van der Waals surface area contributed by atoms with E-state index < -0.39 is 12.0 Å². The van der Waals surface area contributed by atoms with E-state index in [0.717, 1.165) is 16.4 Å². The molecule has 0 aliphatic carbocycles. The van der Waals surface area contributed by atoms with E-state index in [1.165, 1.54) is 0 Å². The average Bonchev–Trinajstić information content (AvgIpc) is 2.87. The summed E-state index contributed by atoms with van der Waals surface area (Å²) in [5.74, 6) is 0.397. The van der Waals surface area contributed by atoms with Crippen molar-refractivity contribution >= 4 is 35.4 Å². The summed E-state index contributed by atoms with van der Waals surface area (Å²) in [5.41, 5.74) is 0.733. The molecule has 1 aromatic carbocycles. The fourth-order valence-corrected chi connectivity index (χ4v) is 3.69. The van der Waals surface area contributed by atoms with Gasteiger partial charge in [-0.05, 0) is 19.2 Å². The van der Waals surface area contributed by atoms with Crippen molar-refractivity contribution in [2.24, 2.45) is 4.99 Å². The first-order chi connectivity index (χ1) is 10.0. The molecule has 0 spiro atoms. The number of hydrogen-bond acceptors (Lipinski definition) is 6. The van der Waals surface area contributed by atoms with Crippen LogP contribution >= 0.6 is 24.4 Å². The van der Waals surface area contributed by atoms with Crippen LogP contribution in [0.25, 0.3) is 0 Å². The number of carboxylic acid groups (broad SMARTS) is 1. The number of aliphatic carboxylic acids is 1. The Kier molecular flexibility index (Phi) is 5.55. The molecule has 1 heterocycles. The zero-order chi connectivity index (χ0) is 15.4. The highest BCUT2D eigenvalue weighted by Gasteiger charge is 2.27. The van der Waals surface area contributed by atoms with Crippen LogP contribution in [0.15, 0.2) is 29.3 Å². The zero-order valence-electron chi connectivity index (χ0n) is 11.6. The molecular formula is C14H18N2O3S2. The van der Waals surface area contributed by atoms with Gasteiger partial charge >= 0.3 is 5.97 Å². The third-order valence-corrected chi connectivity index (χ3v) is 4.83. The topological polar surface area (TPSA) is 73.1 Å². The number of aromatic hydroxyl groups is 1. The molecule has 1 aromatic rings. The largest absolute Gasteiger partial charge is 0.507 e. The van der Waals surface area contributed by atoms with Crippen molar-refractivity contribution in [1.82, 2.24) is 4.90 Å². The van der Waals surface area contributed by atoms with Crippen molar-refractivity contribution in [3.05, 3.63) is 29.8 Å². The molecule has 7 heteroatoms. The van der Waals surface area contributed by atoms with E-state index in [9.17, 15) is 9.90 Å². The van der Waals surface area contributed by atoms with Crippen LogP contribution in [-0.4, -0.2) is 63.3 Å². The number of carboxylic acids is 1. The van der Waals surface area contributed by atoms with E-state index in [0.29, 0.717) is 6.54 Å². The van der Waals surface area contributed by atoms with Gasteiger partial charge in [0.2, 0.25) is 0 Å². The summed E-state index contributed by atoms with van der Waals surface area (Å²) >= 11 is 5.67. The molecular weight excluding hydrogens is 308 g/mol. The Morgan fingerprint density at radius 1 is 1.57 bits per heavy atom. The van der Waals surface area contributed by atoms with E-state index in [4.69, 9.17) is 5.11 Å². The number of likely N-dealkylation sites (N-methyl/N-ethyl adjacent to an activating group) is 1. The second kappa shape index (κ2) is 7.20. The molecule has 2 rings (SSSR count). The Hall–Kier alpha value is -1.18. The lowest BCUT2D eigenvalue weighted by Crippen LogP contribution is -2.43. The zero-order valence-corrected chi connectivity index (χ0v) is 13.3. The number of nitrogens with zero attached hydrogens (tertiary/aromatic N) is 2. The molecule has 1 aliphatic heterocycles. The molecule has 0 bridgehead atoms. The Balaban J connectivity index is 2.04. The van der Waals surface area contributed by atoms with Gasteiger partial charge in [-0.2, -0.15) is 12.6 Å². The van der Waals surface area contributed by atoms with Crippen LogP contribution in [0.1, 0.15) is 5.56 Å². The molecule has 2 N–H and O–H groups in total. The lowest BCUT2D eigenvalue weighted by Gasteiger charge is -2.24. The number of hydrogen-bond donors (Lipinski definition) is 3. The van der Waals surface area contributed by atoms with Crippen molar-refractivity contribution in [2.45, 2.75) is 12.1 Å². The van der Waals surface area contributed by atoms with Gasteiger partial charge < -0.3 is 10.2 Å². The second-order valence-corrected chi connectivity index (χ2v) is 6.27. The van der Waals surface area contributed by atoms with Gasteiger partial charge in [-0.3, -0.25) is 14.7 Å². The van der Waals surface area contributed by atoms with Gasteiger partial charge in [0, 0.05) is 23.6 Å². The smallest absolute Gasteiger partial charge is 0.321 e. The van der Waals surface area contributed by atoms with Gasteiger partial charge in [0.25, 0.3) is 0 Å². The van der Waals surface area contributed by atoms with Gasteiger partial charge in [0.05, 0.1) is 6.04 Å². The molecule has 1 aliphatic rings. The summed E-state index contributed by atoms with van der Waals surface area (Å²) < 4.78 is 0. The van der Waals surface area contributed by atoms with E-state index in [2.05, 4.69) is 17.6 Å². The summed E-state index contributed by atoms with van der Waals surface area (Å²) in [6, 6.07) is 6.52. The molecule has 1 unspecified atom stereocenters. The van der Waals surface area contributed by atoms with Gasteiger partial charge in [0.1, 0.15) is 16.8 Å². The maximum atomic E-state index is 11.1. The fraction of sp³-hybridized carbons (Fsp3) is 0.429. The quantitative estimate of drug-likeness (QED) is 0.692. The Labute approximate surface area is 133 Å². The second-order valence-electron chi connectivity index (χ2n) is 4.89. The van der Waals surface area contributed by atoms with E-state index >= 15 is 0 Å². The fourth-order valence-electron chi connectivity index (χ4n) is 2.18. The van der Waals surface area contributed by atoms with Crippen LogP contribution in [0.3, 0.4) is 0 Å². The summed E-state index contributed by atoms with van der Waals surface area (Å²) in [6.07, 6.45) is 0. The maximum absolute atomic E-state index is 11.1. The Bertz CT molecular complexity index is 551. The average molecular weight is 326 g/mol. The normalized spacial score (nSPS) is 19.6. The van der Waals surface area contributed by atoms with Crippen LogP contribution in [-0.2, 0) is 4.79 Å². The summed E-state index contributed by atoms with van der Waals surface area (Å²) in [6.45, 7) is 0.557. The summed E-state index contributed by atoms with van der Waals surface area (Å²) in [4.78, 5) is 17.5. The minimum Gasteiger partial charge on any atom is -0.507 e. The molecule has 0 fully saturated rings. The molecule has 2 atom stereocenters. The van der Waals surface area contributed by atoms with Crippen molar-refractivity contribution < 1.29 is 15.0 Å². The molecule has 0 saturated heterocycles. The van der Waals surface area contributed by atoms with Crippen molar-refractivity contribution in [3.63, 3.8) is 0 Å².